The number of hydrogen-bond donors (Lipinski definition) is 0. The van der Waals surface area contributed by atoms with E-state index >= 15 is 0 Å². The predicted octanol–water partition coefficient (Wildman–Crippen LogP) is 2.87. The first-order chi connectivity index (χ1) is 5.99. The Morgan fingerprint density at radius 1 is 1.15 bits per heavy atom. The van der Waals surface area contributed by atoms with Gasteiger partial charge in [-0.2, -0.15) is 0 Å². The molecule has 2 unspecified atom stereocenters. The van der Waals surface area contributed by atoms with E-state index in [0.717, 1.165) is 6.42 Å². The second-order valence-electron chi connectivity index (χ2n) is 4.15. The van der Waals surface area contributed by atoms with E-state index in [1.165, 1.54) is 0 Å². The average molecular weight is 186 g/mol. The van der Waals surface area contributed by atoms with Crippen LogP contribution in [0.2, 0.25) is 0 Å². The molecule has 0 aromatic heterocycles. The van der Waals surface area contributed by atoms with Crippen molar-refractivity contribution in [2.75, 3.05) is 6.61 Å². The van der Waals surface area contributed by atoms with Crippen molar-refractivity contribution in [2.24, 2.45) is 17.8 Å². The maximum Gasteiger partial charge on any atom is 0.308 e. The normalized spacial score (nSPS) is 15.5. The number of esters is 1. The Hall–Kier alpha value is -0.530. The minimum Gasteiger partial charge on any atom is -0.465 e. The fourth-order valence-corrected chi connectivity index (χ4v) is 0.947. The lowest BCUT2D eigenvalue weighted by molar-refractivity contribution is -0.149. The highest BCUT2D eigenvalue weighted by Crippen LogP contribution is 2.15. The van der Waals surface area contributed by atoms with E-state index in [4.69, 9.17) is 4.74 Å². The third-order valence-corrected chi connectivity index (χ3v) is 2.58. The first-order valence-corrected chi connectivity index (χ1v) is 5.15. The van der Waals surface area contributed by atoms with Crippen LogP contribution in [0.15, 0.2) is 0 Å². The molecule has 0 aromatic carbocycles. The van der Waals surface area contributed by atoms with Crippen molar-refractivity contribution in [3.8, 4) is 0 Å². The van der Waals surface area contributed by atoms with Crippen LogP contribution in [0.5, 0.6) is 0 Å². The van der Waals surface area contributed by atoms with Crippen LogP contribution in [-0.2, 0) is 9.53 Å². The Bertz CT molecular complexity index is 152. The monoisotopic (exact) mass is 186 g/mol. The molecule has 0 aliphatic heterocycles. The zero-order chi connectivity index (χ0) is 10.4. The van der Waals surface area contributed by atoms with E-state index in [9.17, 15) is 4.79 Å². The van der Waals surface area contributed by atoms with E-state index < -0.39 is 0 Å². The Balaban J connectivity index is 3.69. The SMILES string of the molecule is CCC(C)C(C)COC(=O)C(C)C. The molecule has 2 heteroatoms. The molecule has 0 fully saturated rings. The van der Waals surface area contributed by atoms with E-state index in [2.05, 4.69) is 20.8 Å². The van der Waals surface area contributed by atoms with E-state index in [1.807, 2.05) is 13.8 Å². The molecule has 0 bridgehead atoms. The van der Waals surface area contributed by atoms with Crippen molar-refractivity contribution >= 4 is 5.97 Å². The Morgan fingerprint density at radius 3 is 2.08 bits per heavy atom. The van der Waals surface area contributed by atoms with Crippen LogP contribution in [0.3, 0.4) is 0 Å². The van der Waals surface area contributed by atoms with Gasteiger partial charge in [-0.3, -0.25) is 4.79 Å². The maximum atomic E-state index is 11.1. The van der Waals surface area contributed by atoms with Gasteiger partial charge in [0.05, 0.1) is 12.5 Å². The first-order valence-electron chi connectivity index (χ1n) is 5.15. The van der Waals surface area contributed by atoms with Gasteiger partial charge in [0.1, 0.15) is 0 Å². The van der Waals surface area contributed by atoms with E-state index in [1.54, 1.807) is 0 Å². The largest absolute Gasteiger partial charge is 0.465 e. The fraction of sp³-hybridized carbons (Fsp3) is 0.909. The molecule has 2 nitrogen and oxygen atoms in total. The molecule has 13 heavy (non-hydrogen) atoms. The van der Waals surface area contributed by atoms with Crippen LogP contribution in [0.1, 0.15) is 41.0 Å². The third kappa shape index (κ3) is 4.91. The third-order valence-electron chi connectivity index (χ3n) is 2.58. The van der Waals surface area contributed by atoms with Crippen molar-refractivity contribution < 1.29 is 9.53 Å². The highest BCUT2D eigenvalue weighted by Gasteiger charge is 2.14. The summed E-state index contributed by atoms with van der Waals surface area (Å²) in [6.45, 7) is 10.7. The molecule has 0 rings (SSSR count). The van der Waals surface area contributed by atoms with Crippen LogP contribution in [0, 0.1) is 17.8 Å². The molecule has 0 heterocycles. The van der Waals surface area contributed by atoms with Gasteiger partial charge in [-0.25, -0.2) is 0 Å². The van der Waals surface area contributed by atoms with Crippen molar-refractivity contribution in [2.45, 2.75) is 41.0 Å². The summed E-state index contributed by atoms with van der Waals surface area (Å²) in [6, 6.07) is 0. The van der Waals surface area contributed by atoms with Gasteiger partial charge in [0.2, 0.25) is 0 Å². The van der Waals surface area contributed by atoms with Gasteiger partial charge in [-0.05, 0) is 11.8 Å². The van der Waals surface area contributed by atoms with Crippen molar-refractivity contribution in [3.63, 3.8) is 0 Å². The van der Waals surface area contributed by atoms with Crippen LogP contribution in [0.4, 0.5) is 0 Å². The second-order valence-corrected chi connectivity index (χ2v) is 4.15. The molecule has 0 spiro atoms. The predicted molar refractivity (Wildman–Crippen MR) is 54.4 cm³/mol. The van der Waals surface area contributed by atoms with Crippen molar-refractivity contribution in [1.82, 2.24) is 0 Å². The fourth-order valence-electron chi connectivity index (χ4n) is 0.947. The Labute approximate surface area is 81.7 Å². The number of carbonyl (C=O) groups excluding carboxylic acids is 1. The van der Waals surface area contributed by atoms with Gasteiger partial charge in [0.15, 0.2) is 0 Å². The maximum absolute atomic E-state index is 11.1. The minimum absolute atomic E-state index is 0.0101. The van der Waals surface area contributed by atoms with Crippen LogP contribution in [0.25, 0.3) is 0 Å². The molecular formula is C11H22O2. The summed E-state index contributed by atoms with van der Waals surface area (Å²) >= 11 is 0. The lowest BCUT2D eigenvalue weighted by Crippen LogP contribution is -2.19. The van der Waals surface area contributed by atoms with Gasteiger partial charge in [0.25, 0.3) is 0 Å². The molecule has 0 aliphatic carbocycles. The molecule has 0 radical (unpaired) electrons. The number of rotatable bonds is 5. The second kappa shape index (κ2) is 6.01. The topological polar surface area (TPSA) is 26.3 Å². The molecule has 2 atom stereocenters. The van der Waals surface area contributed by atoms with Crippen molar-refractivity contribution in [1.29, 1.82) is 0 Å². The number of carbonyl (C=O) groups is 1. The molecule has 0 aromatic rings. The lowest BCUT2D eigenvalue weighted by atomic mass is 9.94. The van der Waals surface area contributed by atoms with Gasteiger partial charge in [-0.15, -0.1) is 0 Å². The number of hydrogen-bond acceptors (Lipinski definition) is 2. The van der Waals surface area contributed by atoms with Crippen LogP contribution in [-0.4, -0.2) is 12.6 Å². The smallest absolute Gasteiger partial charge is 0.308 e. The van der Waals surface area contributed by atoms with E-state index in [0.29, 0.717) is 18.4 Å². The summed E-state index contributed by atoms with van der Waals surface area (Å²) in [4.78, 5) is 11.1. The molecule has 78 valence electrons. The first kappa shape index (κ1) is 12.5. The number of ether oxygens (including phenoxy) is 1. The molecule has 0 amide bonds. The Kier molecular flexibility index (Phi) is 5.76. The molecule has 0 saturated carbocycles. The molecule has 0 aliphatic rings. The van der Waals surface area contributed by atoms with Gasteiger partial charge >= 0.3 is 5.97 Å². The molecular weight excluding hydrogens is 164 g/mol. The zero-order valence-corrected chi connectivity index (χ0v) is 9.46. The molecule has 0 saturated heterocycles. The Morgan fingerprint density at radius 2 is 1.69 bits per heavy atom. The standard InChI is InChI=1S/C11H22O2/c1-6-9(4)10(5)7-13-11(12)8(2)3/h8-10H,6-7H2,1-5H3. The van der Waals surface area contributed by atoms with Crippen LogP contribution >= 0.6 is 0 Å². The van der Waals surface area contributed by atoms with Crippen LogP contribution < -0.4 is 0 Å². The average Bonchev–Trinajstić information content (AvgIpc) is 2.11. The summed E-state index contributed by atoms with van der Waals surface area (Å²) in [5, 5.41) is 0. The van der Waals surface area contributed by atoms with E-state index in [-0.39, 0.29) is 11.9 Å². The minimum atomic E-state index is -0.0878. The summed E-state index contributed by atoms with van der Waals surface area (Å²) in [6.07, 6.45) is 1.14. The van der Waals surface area contributed by atoms with Gasteiger partial charge in [0, 0.05) is 0 Å². The highest BCUT2D eigenvalue weighted by molar-refractivity contribution is 5.71. The van der Waals surface area contributed by atoms with Gasteiger partial charge in [-0.1, -0.05) is 41.0 Å². The summed E-state index contributed by atoms with van der Waals surface area (Å²) < 4.78 is 5.15. The highest BCUT2D eigenvalue weighted by atomic mass is 16.5. The van der Waals surface area contributed by atoms with Gasteiger partial charge < -0.3 is 4.74 Å². The molecule has 0 N–H and O–H groups in total. The lowest BCUT2D eigenvalue weighted by Gasteiger charge is -2.18. The van der Waals surface area contributed by atoms with Crippen molar-refractivity contribution in [3.05, 3.63) is 0 Å². The quantitative estimate of drug-likeness (QED) is 0.617. The zero-order valence-electron chi connectivity index (χ0n) is 9.46. The summed E-state index contributed by atoms with van der Waals surface area (Å²) in [5.74, 6) is 0.993. The summed E-state index contributed by atoms with van der Waals surface area (Å²) in [7, 11) is 0. The summed E-state index contributed by atoms with van der Waals surface area (Å²) in [5.41, 5.74) is 0.